The summed E-state index contributed by atoms with van der Waals surface area (Å²) in [5.74, 6) is 0. The van der Waals surface area contributed by atoms with Crippen molar-refractivity contribution in [2.24, 2.45) is 0 Å². The van der Waals surface area contributed by atoms with Crippen molar-refractivity contribution in [3.8, 4) is 0 Å². The molecule has 6 nitrogen and oxygen atoms in total. The largest absolute Gasteiger partial charge is 0.304 e. The second kappa shape index (κ2) is 5.49. The van der Waals surface area contributed by atoms with Gasteiger partial charge in [0.15, 0.2) is 0 Å². The van der Waals surface area contributed by atoms with Crippen LogP contribution < -0.4 is 5.32 Å². The van der Waals surface area contributed by atoms with Crippen LogP contribution in [0.15, 0.2) is 24.8 Å². The SMILES string of the molecule is CCNC(c1cnccn1)c1cnnn1CC. The number of hydrogen-bond acceptors (Lipinski definition) is 5. The molecular formula is C11H16N6. The predicted octanol–water partition coefficient (Wildman–Crippen LogP) is 0.787. The fraction of sp³-hybridized carbons (Fsp3) is 0.455. The fourth-order valence-corrected chi connectivity index (χ4v) is 1.76. The average Bonchev–Trinajstić information content (AvgIpc) is 2.85. The Balaban J connectivity index is 2.36. The molecule has 1 atom stereocenters. The molecule has 2 heterocycles. The summed E-state index contributed by atoms with van der Waals surface area (Å²) in [6.07, 6.45) is 6.90. The van der Waals surface area contributed by atoms with Crippen LogP contribution in [0.4, 0.5) is 0 Å². The Kier molecular flexibility index (Phi) is 3.77. The van der Waals surface area contributed by atoms with E-state index in [1.165, 1.54) is 0 Å². The third kappa shape index (κ3) is 2.47. The highest BCUT2D eigenvalue weighted by Crippen LogP contribution is 2.18. The molecule has 2 rings (SSSR count). The topological polar surface area (TPSA) is 68.5 Å². The van der Waals surface area contributed by atoms with Crippen molar-refractivity contribution in [3.05, 3.63) is 36.2 Å². The molecule has 0 saturated heterocycles. The van der Waals surface area contributed by atoms with Crippen molar-refractivity contribution >= 4 is 0 Å². The van der Waals surface area contributed by atoms with E-state index >= 15 is 0 Å². The molecule has 2 aromatic rings. The highest BCUT2D eigenvalue weighted by Gasteiger charge is 2.18. The van der Waals surface area contributed by atoms with E-state index in [4.69, 9.17) is 0 Å². The summed E-state index contributed by atoms with van der Waals surface area (Å²) < 4.78 is 1.86. The van der Waals surface area contributed by atoms with E-state index in [2.05, 4.69) is 32.5 Å². The minimum atomic E-state index is -0.0105. The normalized spacial score (nSPS) is 12.6. The van der Waals surface area contributed by atoms with Gasteiger partial charge in [-0.1, -0.05) is 12.1 Å². The molecule has 1 N–H and O–H groups in total. The first-order chi connectivity index (χ1) is 8.36. The summed E-state index contributed by atoms with van der Waals surface area (Å²) in [6.45, 7) is 5.73. The van der Waals surface area contributed by atoms with Crippen LogP contribution in [-0.4, -0.2) is 31.5 Å². The van der Waals surface area contributed by atoms with Crippen LogP contribution >= 0.6 is 0 Å². The van der Waals surface area contributed by atoms with Crippen molar-refractivity contribution < 1.29 is 0 Å². The lowest BCUT2D eigenvalue weighted by Crippen LogP contribution is -2.25. The van der Waals surface area contributed by atoms with Crippen molar-refractivity contribution in [3.63, 3.8) is 0 Å². The van der Waals surface area contributed by atoms with E-state index in [0.717, 1.165) is 24.5 Å². The number of rotatable bonds is 5. The first kappa shape index (κ1) is 11.7. The van der Waals surface area contributed by atoms with Crippen molar-refractivity contribution in [2.75, 3.05) is 6.54 Å². The van der Waals surface area contributed by atoms with Gasteiger partial charge < -0.3 is 5.32 Å². The maximum absolute atomic E-state index is 4.34. The summed E-state index contributed by atoms with van der Waals surface area (Å²) >= 11 is 0. The Hall–Kier alpha value is -1.82. The van der Waals surface area contributed by atoms with Gasteiger partial charge in [0.25, 0.3) is 0 Å². The molecular weight excluding hydrogens is 216 g/mol. The quantitative estimate of drug-likeness (QED) is 0.825. The number of aryl methyl sites for hydroxylation is 1. The lowest BCUT2D eigenvalue weighted by molar-refractivity contribution is 0.526. The molecule has 0 radical (unpaired) electrons. The first-order valence-corrected chi connectivity index (χ1v) is 5.74. The van der Waals surface area contributed by atoms with Gasteiger partial charge in [0.05, 0.1) is 29.8 Å². The van der Waals surface area contributed by atoms with E-state index in [0.29, 0.717) is 0 Å². The molecule has 0 bridgehead atoms. The number of nitrogens with zero attached hydrogens (tertiary/aromatic N) is 5. The van der Waals surface area contributed by atoms with Gasteiger partial charge >= 0.3 is 0 Å². The third-order valence-electron chi connectivity index (χ3n) is 2.53. The summed E-state index contributed by atoms with van der Waals surface area (Å²) in [6, 6.07) is -0.0105. The van der Waals surface area contributed by atoms with Gasteiger partial charge in [0.1, 0.15) is 0 Å². The monoisotopic (exact) mass is 232 g/mol. The van der Waals surface area contributed by atoms with Gasteiger partial charge in [-0.15, -0.1) is 5.10 Å². The number of aromatic nitrogens is 5. The Morgan fingerprint density at radius 2 is 2.18 bits per heavy atom. The van der Waals surface area contributed by atoms with Crippen LogP contribution in [0.3, 0.4) is 0 Å². The van der Waals surface area contributed by atoms with E-state index in [9.17, 15) is 0 Å². The first-order valence-electron chi connectivity index (χ1n) is 5.74. The fourth-order valence-electron chi connectivity index (χ4n) is 1.76. The molecule has 0 aliphatic heterocycles. The van der Waals surface area contributed by atoms with E-state index in [-0.39, 0.29) is 6.04 Å². The van der Waals surface area contributed by atoms with Crippen molar-refractivity contribution in [2.45, 2.75) is 26.4 Å². The Bertz CT molecular complexity index is 452. The minimum absolute atomic E-state index is 0.0105. The molecule has 0 saturated carbocycles. The van der Waals surface area contributed by atoms with Crippen LogP contribution in [0.5, 0.6) is 0 Å². The molecule has 0 aliphatic rings. The molecule has 2 aromatic heterocycles. The third-order valence-corrected chi connectivity index (χ3v) is 2.53. The molecule has 17 heavy (non-hydrogen) atoms. The van der Waals surface area contributed by atoms with Crippen molar-refractivity contribution in [1.82, 2.24) is 30.3 Å². The number of nitrogens with one attached hydrogen (secondary N) is 1. The molecule has 0 aromatic carbocycles. The highest BCUT2D eigenvalue weighted by molar-refractivity contribution is 5.17. The zero-order valence-electron chi connectivity index (χ0n) is 10.0. The van der Waals surface area contributed by atoms with E-state index in [1.807, 2.05) is 11.6 Å². The van der Waals surface area contributed by atoms with Gasteiger partial charge in [-0.2, -0.15) is 0 Å². The Labute approximate surface area is 100 Å². The molecule has 0 aliphatic carbocycles. The zero-order valence-corrected chi connectivity index (χ0v) is 10.0. The second-order valence-electron chi connectivity index (χ2n) is 3.60. The lowest BCUT2D eigenvalue weighted by Gasteiger charge is -2.17. The molecule has 1 unspecified atom stereocenters. The predicted molar refractivity (Wildman–Crippen MR) is 63.2 cm³/mol. The van der Waals surface area contributed by atoms with Crippen LogP contribution in [-0.2, 0) is 6.54 Å². The maximum Gasteiger partial charge on any atom is 0.0954 e. The Morgan fingerprint density at radius 3 is 2.82 bits per heavy atom. The summed E-state index contributed by atoms with van der Waals surface area (Å²) in [4.78, 5) is 8.44. The molecule has 0 fully saturated rings. The summed E-state index contributed by atoms with van der Waals surface area (Å²) in [5, 5.41) is 11.4. The van der Waals surface area contributed by atoms with Gasteiger partial charge in [-0.05, 0) is 13.5 Å². The molecule has 0 amide bonds. The molecule has 0 spiro atoms. The van der Waals surface area contributed by atoms with Crippen LogP contribution in [0.1, 0.15) is 31.3 Å². The van der Waals surface area contributed by atoms with Crippen LogP contribution in [0.2, 0.25) is 0 Å². The maximum atomic E-state index is 4.34. The van der Waals surface area contributed by atoms with Crippen LogP contribution in [0, 0.1) is 0 Å². The van der Waals surface area contributed by atoms with Gasteiger partial charge in [0, 0.05) is 18.9 Å². The number of hydrogen-bond donors (Lipinski definition) is 1. The Morgan fingerprint density at radius 1 is 1.29 bits per heavy atom. The smallest absolute Gasteiger partial charge is 0.0954 e. The average molecular weight is 232 g/mol. The standard InChI is InChI=1S/C11H16N6/c1-3-13-11(9-7-12-5-6-14-9)10-8-15-16-17(10)4-2/h5-8,11,13H,3-4H2,1-2H3. The lowest BCUT2D eigenvalue weighted by atomic mass is 10.1. The zero-order chi connectivity index (χ0) is 12.1. The van der Waals surface area contributed by atoms with Crippen LogP contribution in [0.25, 0.3) is 0 Å². The van der Waals surface area contributed by atoms with Gasteiger partial charge in [-0.25, -0.2) is 4.68 Å². The van der Waals surface area contributed by atoms with Crippen molar-refractivity contribution in [1.29, 1.82) is 0 Å². The molecule has 6 heteroatoms. The van der Waals surface area contributed by atoms with E-state index < -0.39 is 0 Å². The van der Waals surface area contributed by atoms with Gasteiger partial charge in [-0.3, -0.25) is 9.97 Å². The highest BCUT2D eigenvalue weighted by atomic mass is 15.4. The minimum Gasteiger partial charge on any atom is -0.304 e. The van der Waals surface area contributed by atoms with E-state index in [1.54, 1.807) is 24.8 Å². The summed E-state index contributed by atoms with van der Waals surface area (Å²) in [5.41, 5.74) is 1.89. The summed E-state index contributed by atoms with van der Waals surface area (Å²) in [7, 11) is 0. The molecule has 90 valence electrons. The second-order valence-corrected chi connectivity index (χ2v) is 3.60. The van der Waals surface area contributed by atoms with Gasteiger partial charge in [0.2, 0.25) is 0 Å².